The molecular formula is C17H23NO3. The number of aliphatic carboxylic acids is 1. The zero-order chi connectivity index (χ0) is 14.7. The van der Waals surface area contributed by atoms with Crippen LogP contribution in [0.5, 0.6) is 5.75 Å². The molecule has 2 N–H and O–H groups in total. The molecule has 1 aromatic carbocycles. The number of benzene rings is 1. The Hall–Kier alpha value is -1.55. The number of carbonyl (C=O) groups is 1. The number of piperidine rings is 1. The van der Waals surface area contributed by atoms with E-state index in [0.717, 1.165) is 50.1 Å². The highest BCUT2D eigenvalue weighted by Gasteiger charge is 2.33. The van der Waals surface area contributed by atoms with Gasteiger partial charge in [0.2, 0.25) is 0 Å². The third-order valence-corrected chi connectivity index (χ3v) is 4.46. The Morgan fingerprint density at radius 1 is 1.29 bits per heavy atom. The Kier molecular flexibility index (Phi) is 4.44. The molecular weight excluding hydrogens is 266 g/mol. The average molecular weight is 289 g/mol. The smallest absolute Gasteiger partial charge is 0.303 e. The van der Waals surface area contributed by atoms with Crippen LogP contribution in [0.2, 0.25) is 0 Å². The van der Waals surface area contributed by atoms with Crippen LogP contribution in [0, 0.1) is 5.92 Å². The minimum atomic E-state index is -0.712. The van der Waals surface area contributed by atoms with Gasteiger partial charge < -0.3 is 15.2 Å². The monoisotopic (exact) mass is 289 g/mol. The number of carboxylic acids is 1. The molecule has 1 atom stereocenters. The van der Waals surface area contributed by atoms with Gasteiger partial charge in [0.1, 0.15) is 11.9 Å². The fraction of sp³-hybridized carbons (Fsp3) is 0.588. The van der Waals surface area contributed by atoms with Crippen molar-refractivity contribution in [3.8, 4) is 5.75 Å². The largest absolute Gasteiger partial charge is 0.490 e. The lowest BCUT2D eigenvalue weighted by molar-refractivity contribution is -0.137. The van der Waals surface area contributed by atoms with Crippen LogP contribution in [0.25, 0.3) is 0 Å². The number of nitrogens with one attached hydrogen (secondary N) is 1. The highest BCUT2D eigenvalue weighted by atomic mass is 16.5. The highest BCUT2D eigenvalue weighted by molar-refractivity contribution is 5.68. The van der Waals surface area contributed by atoms with Gasteiger partial charge >= 0.3 is 5.97 Å². The topological polar surface area (TPSA) is 58.6 Å². The molecule has 21 heavy (non-hydrogen) atoms. The summed E-state index contributed by atoms with van der Waals surface area (Å²) < 4.78 is 6.06. The van der Waals surface area contributed by atoms with Crippen LogP contribution in [0.15, 0.2) is 24.3 Å². The number of hydrogen-bond acceptors (Lipinski definition) is 3. The van der Waals surface area contributed by atoms with Gasteiger partial charge in [-0.3, -0.25) is 4.79 Å². The fourth-order valence-electron chi connectivity index (χ4n) is 3.17. The summed E-state index contributed by atoms with van der Waals surface area (Å²) in [5.74, 6) is 0.848. The van der Waals surface area contributed by atoms with Crippen molar-refractivity contribution < 1.29 is 14.6 Å². The van der Waals surface area contributed by atoms with Crippen LogP contribution < -0.4 is 10.1 Å². The van der Waals surface area contributed by atoms with Crippen LogP contribution in [0.3, 0.4) is 0 Å². The van der Waals surface area contributed by atoms with E-state index in [1.807, 2.05) is 24.3 Å². The molecule has 0 amide bonds. The minimum Gasteiger partial charge on any atom is -0.490 e. The summed E-state index contributed by atoms with van der Waals surface area (Å²) in [4.78, 5) is 11.1. The molecule has 0 bridgehead atoms. The zero-order valence-electron chi connectivity index (χ0n) is 12.3. The first-order chi connectivity index (χ1) is 10.2. The molecule has 0 spiro atoms. The molecule has 2 aliphatic rings. The lowest BCUT2D eigenvalue weighted by Crippen LogP contribution is -2.34. The molecule has 1 saturated heterocycles. The van der Waals surface area contributed by atoms with Crippen LogP contribution in [-0.4, -0.2) is 30.3 Å². The molecule has 4 nitrogen and oxygen atoms in total. The van der Waals surface area contributed by atoms with Crippen LogP contribution >= 0.6 is 0 Å². The van der Waals surface area contributed by atoms with Crippen molar-refractivity contribution in [2.45, 2.75) is 44.1 Å². The summed E-state index contributed by atoms with van der Waals surface area (Å²) in [6, 6.07) is 8.06. The second-order valence-electron chi connectivity index (χ2n) is 6.18. The van der Waals surface area contributed by atoms with E-state index in [-0.39, 0.29) is 18.4 Å². The summed E-state index contributed by atoms with van der Waals surface area (Å²) in [6.07, 6.45) is 4.87. The van der Waals surface area contributed by atoms with Crippen LogP contribution in [0.4, 0.5) is 0 Å². The molecule has 1 unspecified atom stereocenters. The van der Waals surface area contributed by atoms with Crippen molar-refractivity contribution in [2.75, 3.05) is 13.1 Å². The van der Waals surface area contributed by atoms with E-state index in [9.17, 15) is 4.79 Å². The standard InChI is InChI=1S/C17H23NO3/c19-17(20)11-16(12-4-5-12)13-2-1-3-15(10-13)21-14-6-8-18-9-7-14/h1-3,10,12,14,16,18H,4-9,11H2,(H,19,20). The third-order valence-electron chi connectivity index (χ3n) is 4.46. The van der Waals surface area contributed by atoms with E-state index >= 15 is 0 Å². The summed E-state index contributed by atoms with van der Waals surface area (Å²) in [5, 5.41) is 12.4. The molecule has 0 aromatic heterocycles. The van der Waals surface area contributed by atoms with Gasteiger partial charge in [-0.1, -0.05) is 12.1 Å². The Labute approximate surface area is 125 Å². The number of hydrogen-bond donors (Lipinski definition) is 2. The predicted octanol–water partition coefficient (Wildman–Crippen LogP) is 2.79. The predicted molar refractivity (Wildman–Crippen MR) is 80.7 cm³/mol. The molecule has 114 valence electrons. The summed E-state index contributed by atoms with van der Waals surface area (Å²) in [6.45, 7) is 2.02. The molecule has 1 saturated carbocycles. The number of rotatable bonds is 6. The van der Waals surface area contributed by atoms with Crippen LogP contribution in [-0.2, 0) is 4.79 Å². The SMILES string of the molecule is O=C(O)CC(c1cccc(OC2CCNCC2)c1)C1CC1. The zero-order valence-corrected chi connectivity index (χ0v) is 12.3. The van der Waals surface area contributed by atoms with E-state index in [1.165, 1.54) is 0 Å². The van der Waals surface area contributed by atoms with Gasteiger partial charge in [0, 0.05) is 0 Å². The molecule has 0 radical (unpaired) electrons. The van der Waals surface area contributed by atoms with Crippen LogP contribution in [0.1, 0.15) is 43.6 Å². The molecule has 1 aliphatic carbocycles. The minimum absolute atomic E-state index is 0.138. The van der Waals surface area contributed by atoms with Crippen molar-refractivity contribution in [1.29, 1.82) is 0 Å². The van der Waals surface area contributed by atoms with Gasteiger partial charge in [0.25, 0.3) is 0 Å². The first-order valence-electron chi connectivity index (χ1n) is 7.91. The fourth-order valence-corrected chi connectivity index (χ4v) is 3.17. The van der Waals surface area contributed by atoms with Gasteiger partial charge in [-0.2, -0.15) is 0 Å². The lowest BCUT2D eigenvalue weighted by Gasteiger charge is -2.24. The van der Waals surface area contributed by atoms with E-state index in [4.69, 9.17) is 9.84 Å². The Bertz CT molecular complexity index is 493. The molecule has 1 aliphatic heterocycles. The molecule has 1 heterocycles. The van der Waals surface area contributed by atoms with Crippen molar-refractivity contribution in [1.82, 2.24) is 5.32 Å². The van der Waals surface area contributed by atoms with Gasteiger partial charge in [-0.05, 0) is 68.3 Å². The maximum atomic E-state index is 11.1. The maximum absolute atomic E-state index is 11.1. The quantitative estimate of drug-likeness (QED) is 0.845. The summed E-state index contributed by atoms with van der Waals surface area (Å²) >= 11 is 0. The Balaban J connectivity index is 1.70. The van der Waals surface area contributed by atoms with Gasteiger partial charge in [0.15, 0.2) is 0 Å². The molecule has 1 aromatic rings. The first kappa shape index (κ1) is 14.4. The Morgan fingerprint density at radius 3 is 2.71 bits per heavy atom. The normalized spacial score (nSPS) is 21.0. The van der Waals surface area contributed by atoms with Gasteiger partial charge in [0.05, 0.1) is 6.42 Å². The number of ether oxygens (including phenoxy) is 1. The maximum Gasteiger partial charge on any atom is 0.303 e. The number of carboxylic acid groups (broad SMARTS) is 1. The van der Waals surface area contributed by atoms with Gasteiger partial charge in [-0.15, -0.1) is 0 Å². The van der Waals surface area contributed by atoms with E-state index in [0.29, 0.717) is 5.92 Å². The molecule has 3 rings (SSSR count). The summed E-state index contributed by atoms with van der Waals surface area (Å²) in [5.41, 5.74) is 1.12. The van der Waals surface area contributed by atoms with Crippen molar-refractivity contribution >= 4 is 5.97 Å². The Morgan fingerprint density at radius 2 is 2.05 bits per heavy atom. The van der Waals surface area contributed by atoms with E-state index in [1.54, 1.807) is 0 Å². The highest BCUT2D eigenvalue weighted by Crippen LogP contribution is 2.45. The summed E-state index contributed by atoms with van der Waals surface area (Å²) in [7, 11) is 0. The second kappa shape index (κ2) is 6.48. The molecule has 4 heteroatoms. The van der Waals surface area contributed by atoms with Crippen molar-refractivity contribution in [2.24, 2.45) is 5.92 Å². The third kappa shape index (κ3) is 3.97. The second-order valence-corrected chi connectivity index (χ2v) is 6.18. The first-order valence-corrected chi connectivity index (χ1v) is 7.91. The average Bonchev–Trinajstić information content (AvgIpc) is 3.30. The van der Waals surface area contributed by atoms with Gasteiger partial charge in [-0.25, -0.2) is 0 Å². The van der Waals surface area contributed by atoms with Crippen molar-refractivity contribution in [3.05, 3.63) is 29.8 Å². The van der Waals surface area contributed by atoms with E-state index in [2.05, 4.69) is 5.32 Å². The lowest BCUT2D eigenvalue weighted by atomic mass is 9.91. The molecule has 2 fully saturated rings. The van der Waals surface area contributed by atoms with E-state index < -0.39 is 5.97 Å². The van der Waals surface area contributed by atoms with Crippen molar-refractivity contribution in [3.63, 3.8) is 0 Å².